The second kappa shape index (κ2) is 4.55. The van der Waals surface area contributed by atoms with E-state index in [9.17, 15) is 10.1 Å². The van der Waals surface area contributed by atoms with Crippen molar-refractivity contribution in [2.24, 2.45) is 0 Å². The zero-order valence-corrected chi connectivity index (χ0v) is 12.9. The van der Waals surface area contributed by atoms with Crippen molar-refractivity contribution < 1.29 is 14.2 Å². The van der Waals surface area contributed by atoms with Gasteiger partial charge in [-0.05, 0) is 57.5 Å². The molecule has 21 heavy (non-hydrogen) atoms. The average Bonchev–Trinajstić information content (AvgIpc) is 3.17. The van der Waals surface area contributed by atoms with Gasteiger partial charge in [0.2, 0.25) is 0 Å². The van der Waals surface area contributed by atoms with E-state index in [1.807, 2.05) is 33.8 Å². The number of hydrogen-bond donors (Lipinski definition) is 0. The fourth-order valence-electron chi connectivity index (χ4n) is 2.53. The van der Waals surface area contributed by atoms with Gasteiger partial charge in [0, 0.05) is 12.1 Å². The molecule has 0 N–H and O–H groups in total. The molecule has 1 heterocycles. The van der Waals surface area contributed by atoms with Crippen LogP contribution in [0, 0.1) is 10.1 Å². The van der Waals surface area contributed by atoms with Crippen LogP contribution in [0.4, 0.5) is 5.69 Å². The third kappa shape index (κ3) is 2.58. The molecule has 0 aromatic heterocycles. The van der Waals surface area contributed by atoms with Crippen molar-refractivity contribution in [3.8, 4) is 0 Å². The third-order valence-corrected chi connectivity index (χ3v) is 4.75. The maximum absolute atomic E-state index is 11.1. The van der Waals surface area contributed by atoms with Gasteiger partial charge in [-0.1, -0.05) is 6.07 Å². The van der Waals surface area contributed by atoms with Crippen LogP contribution in [-0.4, -0.2) is 23.2 Å². The molecule has 1 aromatic carbocycles. The van der Waals surface area contributed by atoms with Crippen LogP contribution in [0.5, 0.6) is 0 Å². The lowest BCUT2D eigenvalue weighted by molar-refractivity contribution is -0.384. The molecule has 1 saturated carbocycles. The van der Waals surface area contributed by atoms with E-state index in [-0.39, 0.29) is 10.6 Å². The Balaban J connectivity index is 1.97. The van der Waals surface area contributed by atoms with Crippen LogP contribution in [0.3, 0.4) is 0 Å². The van der Waals surface area contributed by atoms with Crippen LogP contribution in [0.2, 0.25) is 0 Å². The van der Waals surface area contributed by atoms with Gasteiger partial charge in [0.05, 0.1) is 16.1 Å². The van der Waals surface area contributed by atoms with Crippen molar-refractivity contribution in [2.45, 2.75) is 57.7 Å². The predicted molar refractivity (Wildman–Crippen MR) is 80.8 cm³/mol. The van der Waals surface area contributed by atoms with E-state index < -0.39 is 18.3 Å². The molecule has 1 saturated heterocycles. The van der Waals surface area contributed by atoms with Gasteiger partial charge in [0.25, 0.3) is 5.69 Å². The predicted octanol–water partition coefficient (Wildman–Crippen LogP) is 2.77. The Hall–Kier alpha value is -1.40. The first-order valence-corrected chi connectivity index (χ1v) is 7.34. The zero-order valence-electron chi connectivity index (χ0n) is 12.9. The summed E-state index contributed by atoms with van der Waals surface area (Å²) in [6.07, 6.45) is 2.20. The summed E-state index contributed by atoms with van der Waals surface area (Å²) in [5, 5.41) is 11.1. The van der Waals surface area contributed by atoms with Crippen molar-refractivity contribution in [3.05, 3.63) is 33.9 Å². The third-order valence-electron chi connectivity index (χ3n) is 4.75. The van der Waals surface area contributed by atoms with Gasteiger partial charge in [-0.25, -0.2) is 0 Å². The number of nitro groups is 1. The largest absolute Gasteiger partial charge is 0.495 e. The fraction of sp³-hybridized carbons (Fsp3) is 0.600. The molecule has 0 atom stereocenters. The number of rotatable bonds is 3. The minimum absolute atomic E-state index is 0.115. The van der Waals surface area contributed by atoms with Crippen molar-refractivity contribution in [1.29, 1.82) is 0 Å². The summed E-state index contributed by atoms with van der Waals surface area (Å²) >= 11 is 0. The highest BCUT2D eigenvalue weighted by Crippen LogP contribution is 2.41. The lowest BCUT2D eigenvalue weighted by atomic mass is 9.77. The first kappa shape index (κ1) is 14.5. The van der Waals surface area contributed by atoms with Crippen LogP contribution in [0.25, 0.3) is 0 Å². The lowest BCUT2D eigenvalue weighted by Gasteiger charge is -2.32. The van der Waals surface area contributed by atoms with E-state index in [4.69, 9.17) is 9.31 Å². The van der Waals surface area contributed by atoms with Gasteiger partial charge in [0.1, 0.15) is 0 Å². The summed E-state index contributed by atoms with van der Waals surface area (Å²) in [6.45, 7) is 7.91. The van der Waals surface area contributed by atoms with E-state index in [0.717, 1.165) is 23.9 Å². The highest BCUT2D eigenvalue weighted by atomic mass is 16.7. The molecule has 6 heteroatoms. The molecule has 3 rings (SSSR count). The maximum Gasteiger partial charge on any atom is 0.495 e. The zero-order chi connectivity index (χ0) is 15.4. The summed E-state index contributed by atoms with van der Waals surface area (Å²) < 4.78 is 12.0. The van der Waals surface area contributed by atoms with Crippen LogP contribution < -0.4 is 5.46 Å². The van der Waals surface area contributed by atoms with Crippen LogP contribution in [-0.2, 0) is 9.31 Å². The summed E-state index contributed by atoms with van der Waals surface area (Å²) in [5.74, 6) is 0.450. The number of nitrogens with zero attached hydrogens (tertiary/aromatic N) is 1. The van der Waals surface area contributed by atoms with E-state index in [1.165, 1.54) is 0 Å². The van der Waals surface area contributed by atoms with Crippen LogP contribution in [0.1, 0.15) is 52.0 Å². The van der Waals surface area contributed by atoms with Gasteiger partial charge in [-0.3, -0.25) is 10.1 Å². The second-order valence-corrected chi connectivity index (χ2v) is 6.98. The maximum atomic E-state index is 11.1. The van der Waals surface area contributed by atoms with E-state index in [1.54, 1.807) is 12.1 Å². The molecule has 2 aliphatic rings. The quantitative estimate of drug-likeness (QED) is 0.487. The van der Waals surface area contributed by atoms with Crippen molar-refractivity contribution in [3.63, 3.8) is 0 Å². The molecule has 5 nitrogen and oxygen atoms in total. The molecule has 0 unspecified atom stereocenters. The molecular weight excluding hydrogens is 269 g/mol. The molecule has 112 valence electrons. The molecule has 0 radical (unpaired) electrons. The Morgan fingerprint density at radius 3 is 2.19 bits per heavy atom. The Labute approximate surface area is 124 Å². The number of hydrogen-bond acceptors (Lipinski definition) is 4. The van der Waals surface area contributed by atoms with Crippen LogP contribution >= 0.6 is 0 Å². The summed E-state index contributed by atoms with van der Waals surface area (Å²) in [5.41, 5.74) is 0.993. The average molecular weight is 289 g/mol. The summed E-state index contributed by atoms with van der Waals surface area (Å²) in [4.78, 5) is 10.8. The number of benzene rings is 1. The van der Waals surface area contributed by atoms with Gasteiger partial charge in [-0.2, -0.15) is 0 Å². The number of non-ortho nitro benzene ring substituents is 1. The first-order valence-electron chi connectivity index (χ1n) is 7.34. The number of nitro benzene ring substituents is 1. The van der Waals surface area contributed by atoms with Crippen LogP contribution in [0.15, 0.2) is 18.2 Å². The van der Waals surface area contributed by atoms with Crippen molar-refractivity contribution >= 4 is 18.3 Å². The topological polar surface area (TPSA) is 61.6 Å². The highest BCUT2D eigenvalue weighted by Gasteiger charge is 2.52. The summed E-state index contributed by atoms with van der Waals surface area (Å²) in [7, 11) is -0.549. The van der Waals surface area contributed by atoms with Gasteiger partial charge >= 0.3 is 7.12 Å². The summed E-state index contributed by atoms with van der Waals surface area (Å²) in [6, 6.07) is 5.23. The van der Waals surface area contributed by atoms with Gasteiger partial charge < -0.3 is 9.31 Å². The van der Waals surface area contributed by atoms with Gasteiger partial charge in [-0.15, -0.1) is 0 Å². The van der Waals surface area contributed by atoms with E-state index in [2.05, 4.69) is 0 Å². The first-order chi connectivity index (χ1) is 9.69. The highest BCUT2D eigenvalue weighted by molar-refractivity contribution is 6.62. The minimum atomic E-state index is -0.549. The fourth-order valence-corrected chi connectivity index (χ4v) is 2.53. The standard InChI is InChI=1S/C15H20BNO4/c1-14(2)15(3,4)21-16(20-14)12-7-11(10-5-6-10)8-13(9-12)17(18)19/h7-10H,5-6H2,1-4H3. The Morgan fingerprint density at radius 2 is 1.71 bits per heavy atom. The monoisotopic (exact) mass is 289 g/mol. The Bertz CT molecular complexity index is 579. The Morgan fingerprint density at radius 1 is 1.14 bits per heavy atom. The normalized spacial score (nSPS) is 23.3. The van der Waals surface area contributed by atoms with Gasteiger partial charge in [0.15, 0.2) is 0 Å². The van der Waals surface area contributed by atoms with E-state index in [0.29, 0.717) is 5.92 Å². The van der Waals surface area contributed by atoms with Crippen molar-refractivity contribution in [1.82, 2.24) is 0 Å². The SMILES string of the molecule is CC1(C)OB(c2cc(C3CC3)cc([N+](=O)[O-])c2)OC1(C)C. The minimum Gasteiger partial charge on any atom is -0.399 e. The molecule has 0 amide bonds. The molecule has 2 fully saturated rings. The second-order valence-electron chi connectivity index (χ2n) is 6.98. The lowest BCUT2D eigenvalue weighted by Crippen LogP contribution is -2.41. The van der Waals surface area contributed by atoms with Crippen molar-refractivity contribution in [2.75, 3.05) is 0 Å². The molecular formula is C15H20BNO4. The molecule has 0 bridgehead atoms. The molecule has 0 spiro atoms. The smallest absolute Gasteiger partial charge is 0.399 e. The molecule has 1 aliphatic heterocycles. The molecule has 1 aliphatic carbocycles. The van der Waals surface area contributed by atoms with E-state index >= 15 is 0 Å². The Kier molecular flexibility index (Phi) is 3.15. The molecule has 1 aromatic rings.